The molecule has 0 atom stereocenters. The first-order chi connectivity index (χ1) is 17.1. The number of nitriles is 1. The molecule has 9 heteroatoms. The van der Waals surface area contributed by atoms with Crippen molar-refractivity contribution < 1.29 is 23.7 Å². The van der Waals surface area contributed by atoms with Crippen molar-refractivity contribution in [2.75, 3.05) is 32.8 Å². The highest BCUT2D eigenvalue weighted by molar-refractivity contribution is 7.13. The monoisotopic (exact) mass is 491 g/mol. The van der Waals surface area contributed by atoms with Crippen LogP contribution in [0, 0.1) is 11.3 Å². The fourth-order valence-electron chi connectivity index (χ4n) is 3.19. The van der Waals surface area contributed by atoms with Crippen LogP contribution in [-0.2, 0) is 11.2 Å². The number of para-hydroxylation sites is 2. The summed E-state index contributed by atoms with van der Waals surface area (Å²) >= 11 is 1.27. The molecular weight excluding hydrogens is 466 g/mol. The van der Waals surface area contributed by atoms with Gasteiger partial charge in [-0.05, 0) is 42.3 Å². The van der Waals surface area contributed by atoms with Crippen LogP contribution in [0.2, 0.25) is 0 Å². The van der Waals surface area contributed by atoms with E-state index in [0.29, 0.717) is 40.1 Å². The van der Waals surface area contributed by atoms with Crippen LogP contribution < -0.4 is 24.3 Å². The highest BCUT2D eigenvalue weighted by Crippen LogP contribution is 2.34. The molecule has 8 nitrogen and oxygen atoms in total. The van der Waals surface area contributed by atoms with Crippen molar-refractivity contribution in [1.82, 2.24) is 4.98 Å². The van der Waals surface area contributed by atoms with Crippen LogP contribution in [0.5, 0.6) is 23.0 Å². The van der Waals surface area contributed by atoms with E-state index >= 15 is 0 Å². The van der Waals surface area contributed by atoms with E-state index in [1.807, 2.05) is 36.4 Å². The Morgan fingerprint density at radius 3 is 2.54 bits per heavy atom. The Labute approximate surface area is 208 Å². The van der Waals surface area contributed by atoms with Crippen molar-refractivity contribution >= 4 is 28.5 Å². The second kappa shape index (κ2) is 12.8. The summed E-state index contributed by atoms with van der Waals surface area (Å²) in [6.45, 7) is 4.36. The highest BCUT2D eigenvalue weighted by atomic mass is 32.1. The van der Waals surface area contributed by atoms with Crippen molar-refractivity contribution in [3.05, 3.63) is 77.3 Å². The summed E-state index contributed by atoms with van der Waals surface area (Å²) in [5, 5.41) is 14.3. The number of amides is 1. The summed E-state index contributed by atoms with van der Waals surface area (Å²) in [6, 6.07) is 12.8. The van der Waals surface area contributed by atoms with Gasteiger partial charge >= 0.3 is 0 Å². The smallest absolute Gasteiger partial charge is 0.268 e. The maximum atomic E-state index is 12.5. The lowest BCUT2D eigenvalue weighted by atomic mass is 10.0. The lowest BCUT2D eigenvalue weighted by Gasteiger charge is -2.16. The molecule has 1 heterocycles. The van der Waals surface area contributed by atoms with Crippen molar-refractivity contribution in [2.24, 2.45) is 0 Å². The van der Waals surface area contributed by atoms with Crippen molar-refractivity contribution in [1.29, 1.82) is 5.26 Å². The van der Waals surface area contributed by atoms with E-state index in [4.69, 9.17) is 18.9 Å². The van der Waals surface area contributed by atoms with Gasteiger partial charge < -0.3 is 18.9 Å². The quantitative estimate of drug-likeness (QED) is 0.166. The lowest BCUT2D eigenvalue weighted by Crippen LogP contribution is -2.13. The molecule has 1 N–H and O–H groups in total. The third-order valence-electron chi connectivity index (χ3n) is 4.72. The Hall–Kier alpha value is -4.29. The van der Waals surface area contributed by atoms with Crippen LogP contribution in [0.4, 0.5) is 5.13 Å². The first-order valence-corrected chi connectivity index (χ1v) is 11.5. The minimum Gasteiger partial charge on any atom is -0.493 e. The van der Waals surface area contributed by atoms with Gasteiger partial charge in [0.05, 0.1) is 14.2 Å². The summed E-state index contributed by atoms with van der Waals surface area (Å²) < 4.78 is 22.6. The van der Waals surface area contributed by atoms with E-state index in [1.54, 1.807) is 30.8 Å². The molecule has 0 saturated carbocycles. The largest absolute Gasteiger partial charge is 0.493 e. The van der Waals surface area contributed by atoms with Gasteiger partial charge in [0, 0.05) is 17.1 Å². The van der Waals surface area contributed by atoms with Crippen LogP contribution in [0.15, 0.2) is 66.2 Å². The van der Waals surface area contributed by atoms with Gasteiger partial charge in [-0.25, -0.2) is 4.98 Å². The zero-order valence-electron chi connectivity index (χ0n) is 19.4. The molecule has 3 aromatic rings. The van der Waals surface area contributed by atoms with Gasteiger partial charge in [-0.2, -0.15) is 5.26 Å². The number of thiazole rings is 1. The first-order valence-electron chi connectivity index (χ1n) is 10.6. The van der Waals surface area contributed by atoms with Crippen molar-refractivity contribution in [3.8, 4) is 29.1 Å². The van der Waals surface area contributed by atoms with E-state index in [1.165, 1.54) is 24.5 Å². The SMILES string of the molecule is C=CCc1cc(/C=C(/C#N)C(=O)Nc2nccs2)cc(OC)c1OCCOc1ccccc1OC. The van der Waals surface area contributed by atoms with E-state index in [2.05, 4.69) is 16.9 Å². The normalized spacial score (nSPS) is 10.7. The molecule has 2 aromatic carbocycles. The number of rotatable bonds is 12. The Balaban J connectivity index is 1.77. The molecule has 0 spiro atoms. The molecular formula is C26H25N3O5S. The number of nitrogens with zero attached hydrogens (tertiary/aromatic N) is 2. The number of nitrogens with one attached hydrogen (secondary N) is 1. The summed E-state index contributed by atoms with van der Waals surface area (Å²) in [7, 11) is 3.11. The Bertz CT molecular complexity index is 1230. The Kier molecular flexibility index (Phi) is 9.28. The van der Waals surface area contributed by atoms with Gasteiger partial charge in [0.1, 0.15) is 24.9 Å². The third kappa shape index (κ3) is 6.85. The topological polar surface area (TPSA) is 103 Å². The van der Waals surface area contributed by atoms with Crippen LogP contribution in [-0.4, -0.2) is 38.3 Å². The Morgan fingerprint density at radius 2 is 1.89 bits per heavy atom. The summed E-state index contributed by atoms with van der Waals surface area (Å²) in [4.78, 5) is 16.5. The number of hydrogen-bond donors (Lipinski definition) is 1. The second-order valence-electron chi connectivity index (χ2n) is 7.01. The van der Waals surface area contributed by atoms with E-state index in [-0.39, 0.29) is 18.8 Å². The number of carbonyl (C=O) groups excluding carboxylic acids is 1. The number of anilines is 1. The number of allylic oxidation sites excluding steroid dienone is 1. The average Bonchev–Trinajstić information content (AvgIpc) is 3.39. The van der Waals surface area contributed by atoms with Crippen LogP contribution >= 0.6 is 11.3 Å². The van der Waals surface area contributed by atoms with Crippen LogP contribution in [0.3, 0.4) is 0 Å². The van der Waals surface area contributed by atoms with Gasteiger partial charge in [0.2, 0.25) is 0 Å². The molecule has 0 aliphatic heterocycles. The van der Waals surface area contributed by atoms with Gasteiger partial charge in [-0.15, -0.1) is 17.9 Å². The number of carbonyl (C=O) groups is 1. The fraction of sp³-hybridized carbons (Fsp3) is 0.192. The molecule has 0 unspecified atom stereocenters. The van der Waals surface area contributed by atoms with Crippen LogP contribution in [0.1, 0.15) is 11.1 Å². The van der Waals surface area contributed by atoms with Gasteiger partial charge in [0.15, 0.2) is 28.1 Å². The maximum Gasteiger partial charge on any atom is 0.268 e. The number of hydrogen-bond acceptors (Lipinski definition) is 8. The van der Waals surface area contributed by atoms with E-state index in [9.17, 15) is 10.1 Å². The molecule has 0 aliphatic carbocycles. The second-order valence-corrected chi connectivity index (χ2v) is 7.91. The molecule has 0 saturated heterocycles. The number of methoxy groups -OCH3 is 2. The predicted molar refractivity (Wildman–Crippen MR) is 135 cm³/mol. The van der Waals surface area contributed by atoms with Crippen molar-refractivity contribution in [3.63, 3.8) is 0 Å². The first kappa shape index (κ1) is 25.3. The lowest BCUT2D eigenvalue weighted by molar-refractivity contribution is -0.112. The summed E-state index contributed by atoms with van der Waals surface area (Å²) in [5.74, 6) is 1.73. The van der Waals surface area contributed by atoms with E-state index < -0.39 is 5.91 Å². The highest BCUT2D eigenvalue weighted by Gasteiger charge is 2.15. The van der Waals surface area contributed by atoms with Crippen molar-refractivity contribution in [2.45, 2.75) is 6.42 Å². The molecule has 1 amide bonds. The molecule has 0 aliphatic rings. The molecule has 0 bridgehead atoms. The average molecular weight is 492 g/mol. The molecule has 1 aromatic heterocycles. The standard InChI is InChI=1S/C26H25N3O5S/c1-4-7-19-14-18(15-20(17-27)25(30)29-26-28-10-13-35-26)16-23(32-3)24(19)34-12-11-33-22-9-6-5-8-21(22)31-2/h4-6,8-10,13-16H,1,7,11-12H2,2-3H3,(H,28,29,30)/b20-15-. The molecule has 0 fully saturated rings. The van der Waals surface area contributed by atoms with E-state index in [0.717, 1.165) is 5.56 Å². The van der Waals surface area contributed by atoms with Gasteiger partial charge in [0.25, 0.3) is 5.91 Å². The maximum absolute atomic E-state index is 12.5. The molecule has 35 heavy (non-hydrogen) atoms. The molecule has 3 rings (SSSR count). The van der Waals surface area contributed by atoms with Gasteiger partial charge in [-0.3, -0.25) is 10.1 Å². The minimum atomic E-state index is -0.541. The summed E-state index contributed by atoms with van der Waals surface area (Å²) in [5.41, 5.74) is 1.34. The Morgan fingerprint density at radius 1 is 1.14 bits per heavy atom. The number of benzene rings is 2. The zero-order chi connectivity index (χ0) is 25.0. The summed E-state index contributed by atoms with van der Waals surface area (Å²) in [6.07, 6.45) is 5.30. The molecule has 0 radical (unpaired) electrons. The minimum absolute atomic E-state index is 0.0642. The number of aromatic nitrogens is 1. The fourth-order valence-corrected chi connectivity index (χ4v) is 3.71. The molecule has 180 valence electrons. The zero-order valence-corrected chi connectivity index (χ0v) is 20.3. The third-order valence-corrected chi connectivity index (χ3v) is 5.41. The number of ether oxygens (including phenoxy) is 4. The van der Waals surface area contributed by atoms with Gasteiger partial charge in [-0.1, -0.05) is 18.2 Å². The van der Waals surface area contributed by atoms with Crippen LogP contribution in [0.25, 0.3) is 6.08 Å². The predicted octanol–water partition coefficient (Wildman–Crippen LogP) is 4.89.